The van der Waals surface area contributed by atoms with E-state index in [1.807, 2.05) is 18.2 Å². The minimum Gasteiger partial charge on any atom is -0.497 e. The Labute approximate surface area is 142 Å². The summed E-state index contributed by atoms with van der Waals surface area (Å²) in [4.78, 5) is 18.8. The van der Waals surface area contributed by atoms with Crippen molar-refractivity contribution < 1.29 is 9.53 Å². The zero-order valence-corrected chi connectivity index (χ0v) is 13.9. The highest BCUT2D eigenvalue weighted by atomic mass is 16.5. The van der Waals surface area contributed by atoms with E-state index in [2.05, 4.69) is 27.3 Å². The first-order chi connectivity index (χ1) is 11.8. The van der Waals surface area contributed by atoms with Crippen LogP contribution >= 0.6 is 0 Å². The van der Waals surface area contributed by atoms with Gasteiger partial charge in [-0.25, -0.2) is 0 Å². The van der Waals surface area contributed by atoms with Crippen molar-refractivity contribution in [3.8, 4) is 5.75 Å². The molecule has 0 saturated carbocycles. The first-order valence-corrected chi connectivity index (χ1v) is 8.35. The predicted octanol–water partition coefficient (Wildman–Crippen LogP) is 2.66. The van der Waals surface area contributed by atoms with Crippen molar-refractivity contribution >= 4 is 5.91 Å². The number of carbonyl (C=O) groups is 1. The quantitative estimate of drug-likeness (QED) is 0.887. The highest BCUT2D eigenvalue weighted by Crippen LogP contribution is 2.26. The fourth-order valence-electron chi connectivity index (χ4n) is 3.11. The fourth-order valence-corrected chi connectivity index (χ4v) is 3.11. The molecule has 0 radical (unpaired) electrons. The summed E-state index contributed by atoms with van der Waals surface area (Å²) in [6.07, 6.45) is 4.05. The number of rotatable bonds is 6. The van der Waals surface area contributed by atoms with Crippen LogP contribution in [0.2, 0.25) is 0 Å². The van der Waals surface area contributed by atoms with Gasteiger partial charge in [0.15, 0.2) is 0 Å². The Morgan fingerprint density at radius 1 is 1.21 bits per heavy atom. The Hall–Kier alpha value is -2.40. The summed E-state index contributed by atoms with van der Waals surface area (Å²) in [6, 6.07) is 13.6. The topological polar surface area (TPSA) is 54.5 Å². The van der Waals surface area contributed by atoms with Gasteiger partial charge in [0.05, 0.1) is 13.2 Å². The van der Waals surface area contributed by atoms with Gasteiger partial charge in [0.2, 0.25) is 0 Å². The molecule has 126 valence electrons. The van der Waals surface area contributed by atoms with E-state index in [0.717, 1.165) is 18.8 Å². The first-order valence-electron chi connectivity index (χ1n) is 8.35. The number of nitrogens with one attached hydrogen (secondary N) is 1. The Morgan fingerprint density at radius 2 is 1.96 bits per heavy atom. The Balaban J connectivity index is 1.71. The maximum absolute atomic E-state index is 12.3. The number of hydrogen-bond donors (Lipinski definition) is 1. The molecule has 0 bridgehead atoms. The number of benzene rings is 1. The molecule has 1 aliphatic rings. The molecule has 5 heteroatoms. The van der Waals surface area contributed by atoms with Gasteiger partial charge in [-0.1, -0.05) is 18.2 Å². The summed E-state index contributed by atoms with van der Waals surface area (Å²) < 4.78 is 5.24. The summed E-state index contributed by atoms with van der Waals surface area (Å²) in [5.41, 5.74) is 1.64. The lowest BCUT2D eigenvalue weighted by atomic mass is 10.1. The molecule has 0 spiro atoms. The van der Waals surface area contributed by atoms with Crippen LogP contribution < -0.4 is 10.1 Å². The van der Waals surface area contributed by atoms with Crippen molar-refractivity contribution in [1.82, 2.24) is 15.2 Å². The molecule has 1 atom stereocenters. The normalized spacial score (nSPS) is 15.9. The number of amides is 1. The molecule has 0 unspecified atom stereocenters. The van der Waals surface area contributed by atoms with Crippen LogP contribution in [0.1, 0.15) is 34.9 Å². The van der Waals surface area contributed by atoms with E-state index < -0.39 is 0 Å². The number of ether oxygens (including phenoxy) is 1. The Kier molecular flexibility index (Phi) is 5.43. The van der Waals surface area contributed by atoms with Crippen molar-refractivity contribution in [2.45, 2.75) is 18.9 Å². The first kappa shape index (κ1) is 16.5. The molecule has 1 fully saturated rings. The van der Waals surface area contributed by atoms with E-state index in [4.69, 9.17) is 4.74 Å². The van der Waals surface area contributed by atoms with Crippen molar-refractivity contribution in [3.63, 3.8) is 0 Å². The van der Waals surface area contributed by atoms with Crippen LogP contribution in [0.4, 0.5) is 0 Å². The van der Waals surface area contributed by atoms with Crippen LogP contribution in [-0.2, 0) is 0 Å². The van der Waals surface area contributed by atoms with E-state index in [9.17, 15) is 4.79 Å². The number of aromatic nitrogens is 1. The van der Waals surface area contributed by atoms with Crippen molar-refractivity contribution in [2.24, 2.45) is 0 Å². The van der Waals surface area contributed by atoms with Gasteiger partial charge in [-0.3, -0.25) is 14.7 Å². The molecule has 2 heterocycles. The second kappa shape index (κ2) is 7.93. The zero-order chi connectivity index (χ0) is 16.8. The average Bonchev–Trinajstić information content (AvgIpc) is 3.17. The summed E-state index contributed by atoms with van der Waals surface area (Å²) >= 11 is 0. The predicted molar refractivity (Wildman–Crippen MR) is 93.1 cm³/mol. The van der Waals surface area contributed by atoms with Gasteiger partial charge in [0.1, 0.15) is 11.4 Å². The Bertz CT molecular complexity index is 652. The second-order valence-electron chi connectivity index (χ2n) is 5.96. The smallest absolute Gasteiger partial charge is 0.269 e. The van der Waals surface area contributed by atoms with Crippen LogP contribution in [0.3, 0.4) is 0 Å². The van der Waals surface area contributed by atoms with Crippen LogP contribution in [0.15, 0.2) is 48.7 Å². The highest BCUT2D eigenvalue weighted by molar-refractivity contribution is 5.92. The molecule has 24 heavy (non-hydrogen) atoms. The Morgan fingerprint density at radius 3 is 2.58 bits per heavy atom. The fraction of sp³-hybridized carbons (Fsp3) is 0.368. The number of hydrogen-bond acceptors (Lipinski definition) is 4. The molecule has 1 N–H and O–H groups in total. The third-order valence-corrected chi connectivity index (χ3v) is 4.44. The molecule has 1 aliphatic heterocycles. The number of likely N-dealkylation sites (tertiary alicyclic amines) is 1. The lowest BCUT2D eigenvalue weighted by Gasteiger charge is -2.28. The van der Waals surface area contributed by atoms with Crippen LogP contribution in [0.5, 0.6) is 5.75 Å². The van der Waals surface area contributed by atoms with E-state index in [0.29, 0.717) is 12.2 Å². The van der Waals surface area contributed by atoms with Gasteiger partial charge in [-0.2, -0.15) is 0 Å². The molecule has 1 amide bonds. The van der Waals surface area contributed by atoms with Crippen molar-refractivity contribution in [3.05, 3.63) is 59.9 Å². The molecule has 1 saturated heterocycles. The minimum atomic E-state index is -0.131. The summed E-state index contributed by atoms with van der Waals surface area (Å²) in [5, 5.41) is 3.03. The lowest BCUT2D eigenvalue weighted by Crippen LogP contribution is -2.37. The van der Waals surface area contributed by atoms with Crippen molar-refractivity contribution in [2.75, 3.05) is 26.7 Å². The van der Waals surface area contributed by atoms with E-state index in [-0.39, 0.29) is 11.9 Å². The van der Waals surface area contributed by atoms with Gasteiger partial charge in [0, 0.05) is 12.7 Å². The zero-order valence-electron chi connectivity index (χ0n) is 13.9. The third kappa shape index (κ3) is 3.92. The second-order valence-corrected chi connectivity index (χ2v) is 5.96. The van der Waals surface area contributed by atoms with Gasteiger partial charge in [-0.05, 0) is 55.8 Å². The number of methoxy groups -OCH3 is 1. The summed E-state index contributed by atoms with van der Waals surface area (Å²) in [5.74, 6) is 0.713. The molecule has 1 aromatic carbocycles. The molecular weight excluding hydrogens is 302 g/mol. The van der Waals surface area contributed by atoms with E-state index >= 15 is 0 Å². The standard InChI is InChI=1S/C19H23N3O2/c1-24-16-9-7-15(8-10-16)18(22-12-4-5-13-22)14-21-19(23)17-6-2-3-11-20-17/h2-3,6-11,18H,4-5,12-14H2,1H3,(H,21,23)/t18-/m0/s1. The lowest BCUT2D eigenvalue weighted by molar-refractivity contribution is 0.0933. The molecule has 2 aromatic rings. The number of carbonyl (C=O) groups excluding carboxylic acids is 1. The molecule has 3 rings (SSSR count). The van der Waals surface area contributed by atoms with Crippen LogP contribution in [0.25, 0.3) is 0 Å². The van der Waals surface area contributed by atoms with Gasteiger partial charge in [0.25, 0.3) is 5.91 Å². The van der Waals surface area contributed by atoms with Gasteiger partial charge in [-0.15, -0.1) is 0 Å². The molecule has 5 nitrogen and oxygen atoms in total. The number of pyridine rings is 1. The van der Waals surface area contributed by atoms with E-state index in [1.165, 1.54) is 18.4 Å². The van der Waals surface area contributed by atoms with E-state index in [1.54, 1.807) is 25.4 Å². The van der Waals surface area contributed by atoms with Crippen molar-refractivity contribution in [1.29, 1.82) is 0 Å². The average molecular weight is 325 g/mol. The summed E-state index contributed by atoms with van der Waals surface area (Å²) in [7, 11) is 1.67. The number of nitrogens with zero attached hydrogens (tertiary/aromatic N) is 2. The molecule has 1 aromatic heterocycles. The summed E-state index contributed by atoms with van der Waals surface area (Å²) in [6.45, 7) is 2.70. The molecular formula is C19H23N3O2. The highest BCUT2D eigenvalue weighted by Gasteiger charge is 2.24. The SMILES string of the molecule is COc1ccc([C@H](CNC(=O)c2ccccn2)N2CCCC2)cc1. The maximum atomic E-state index is 12.3. The molecule has 0 aliphatic carbocycles. The van der Waals surface area contributed by atoms with Crippen LogP contribution in [-0.4, -0.2) is 42.5 Å². The third-order valence-electron chi connectivity index (χ3n) is 4.44. The monoisotopic (exact) mass is 325 g/mol. The van der Waals surface area contributed by atoms with Gasteiger partial charge >= 0.3 is 0 Å². The van der Waals surface area contributed by atoms with Crippen LogP contribution in [0, 0.1) is 0 Å². The van der Waals surface area contributed by atoms with Gasteiger partial charge < -0.3 is 10.1 Å². The minimum absolute atomic E-state index is 0.131. The maximum Gasteiger partial charge on any atom is 0.269 e. The largest absolute Gasteiger partial charge is 0.497 e.